The summed E-state index contributed by atoms with van der Waals surface area (Å²) in [4.78, 5) is 18.0. The molecule has 2 aliphatic rings. The highest BCUT2D eigenvalue weighted by Gasteiger charge is 2.42. The van der Waals surface area contributed by atoms with Crippen molar-refractivity contribution in [2.75, 3.05) is 12.4 Å². The van der Waals surface area contributed by atoms with Crippen molar-refractivity contribution >= 4 is 11.7 Å². The second kappa shape index (κ2) is 6.83. The zero-order valence-corrected chi connectivity index (χ0v) is 17.3. The number of fused-ring (bicyclic) bond motifs is 1. The Labute approximate surface area is 175 Å². The van der Waals surface area contributed by atoms with Gasteiger partial charge in [-0.15, -0.1) is 5.10 Å². The number of rotatable bonds is 3. The van der Waals surface area contributed by atoms with Gasteiger partial charge in [-0.2, -0.15) is 4.98 Å². The van der Waals surface area contributed by atoms with Crippen LogP contribution in [0.3, 0.4) is 0 Å². The van der Waals surface area contributed by atoms with Gasteiger partial charge in [-0.25, -0.2) is 4.68 Å². The lowest BCUT2D eigenvalue weighted by molar-refractivity contribution is -0.118. The van der Waals surface area contributed by atoms with Crippen molar-refractivity contribution in [2.24, 2.45) is 5.41 Å². The topological polar surface area (TPSA) is 69.0 Å². The molecule has 0 amide bonds. The maximum absolute atomic E-state index is 13.3. The largest absolute Gasteiger partial charge is 0.497 e. The van der Waals surface area contributed by atoms with Gasteiger partial charge >= 0.3 is 0 Å². The molecule has 1 aromatic heterocycles. The number of carbonyl (C=O) groups is 1. The molecule has 1 aliphatic carbocycles. The molecule has 1 atom stereocenters. The van der Waals surface area contributed by atoms with Crippen molar-refractivity contribution < 1.29 is 9.53 Å². The van der Waals surface area contributed by atoms with Crippen molar-refractivity contribution in [3.8, 4) is 17.1 Å². The van der Waals surface area contributed by atoms with E-state index in [0.717, 1.165) is 34.6 Å². The summed E-state index contributed by atoms with van der Waals surface area (Å²) < 4.78 is 7.28. The van der Waals surface area contributed by atoms with E-state index in [-0.39, 0.29) is 17.2 Å². The number of carbonyl (C=O) groups excluding carboxylic acids is 1. The minimum Gasteiger partial charge on any atom is -0.497 e. The minimum absolute atomic E-state index is 0.0910. The fourth-order valence-electron chi connectivity index (χ4n) is 4.44. The summed E-state index contributed by atoms with van der Waals surface area (Å²) in [6.45, 7) is 4.26. The molecule has 6 heteroatoms. The Balaban J connectivity index is 1.69. The Morgan fingerprint density at radius 1 is 1.10 bits per heavy atom. The number of nitrogens with one attached hydrogen (secondary N) is 1. The van der Waals surface area contributed by atoms with E-state index >= 15 is 0 Å². The number of ketones is 1. The number of hydrogen-bond acceptors (Lipinski definition) is 5. The zero-order chi connectivity index (χ0) is 20.9. The van der Waals surface area contributed by atoms with Crippen LogP contribution < -0.4 is 10.1 Å². The quantitative estimate of drug-likeness (QED) is 0.695. The summed E-state index contributed by atoms with van der Waals surface area (Å²) >= 11 is 0. The third kappa shape index (κ3) is 3.09. The third-order valence-corrected chi connectivity index (χ3v) is 5.77. The summed E-state index contributed by atoms with van der Waals surface area (Å²) in [5, 5.41) is 8.23. The number of aromatic nitrogens is 3. The van der Waals surface area contributed by atoms with E-state index in [0.29, 0.717) is 18.2 Å². The van der Waals surface area contributed by atoms with Gasteiger partial charge in [0.25, 0.3) is 0 Å². The van der Waals surface area contributed by atoms with Crippen LogP contribution in [0.1, 0.15) is 38.3 Å². The molecule has 3 aromatic rings. The highest BCUT2D eigenvalue weighted by Crippen LogP contribution is 2.46. The van der Waals surface area contributed by atoms with Gasteiger partial charge in [-0.1, -0.05) is 56.3 Å². The fraction of sp³-hybridized carbons (Fsp3) is 0.292. The van der Waals surface area contributed by atoms with Crippen LogP contribution in [0.5, 0.6) is 5.75 Å². The van der Waals surface area contributed by atoms with E-state index in [9.17, 15) is 4.79 Å². The Morgan fingerprint density at radius 3 is 2.67 bits per heavy atom. The molecule has 2 heterocycles. The SMILES string of the molecule is COc1cccc(C2C3=C(CC(C)(C)CC3=O)Nc3nc(-c4ccccc4)nn32)c1. The molecule has 0 bridgehead atoms. The molecule has 0 saturated carbocycles. The van der Waals surface area contributed by atoms with Crippen molar-refractivity contribution in [3.05, 3.63) is 71.4 Å². The predicted molar refractivity (Wildman–Crippen MR) is 115 cm³/mol. The summed E-state index contributed by atoms with van der Waals surface area (Å²) in [6.07, 6.45) is 1.31. The number of Topliss-reactive ketones (excluding diaryl/α,β-unsaturated/α-hetero) is 1. The summed E-state index contributed by atoms with van der Waals surface area (Å²) in [5.74, 6) is 2.20. The maximum Gasteiger partial charge on any atom is 0.226 e. The molecular formula is C24H24N4O2. The number of nitrogens with zero attached hydrogens (tertiary/aromatic N) is 3. The monoisotopic (exact) mass is 400 g/mol. The number of anilines is 1. The average Bonchev–Trinajstić information content (AvgIpc) is 3.15. The van der Waals surface area contributed by atoms with Crippen molar-refractivity contribution in [3.63, 3.8) is 0 Å². The molecule has 5 rings (SSSR count). The van der Waals surface area contributed by atoms with E-state index in [1.165, 1.54) is 0 Å². The van der Waals surface area contributed by atoms with Crippen LogP contribution in [0, 0.1) is 5.41 Å². The third-order valence-electron chi connectivity index (χ3n) is 5.77. The number of methoxy groups -OCH3 is 1. The normalized spacial score (nSPS) is 19.7. The van der Waals surface area contributed by atoms with Gasteiger partial charge < -0.3 is 10.1 Å². The Bertz CT molecular complexity index is 1160. The number of benzene rings is 2. The standard InChI is InChI=1S/C24H24N4O2/c1-24(2)13-18-20(19(29)14-24)21(16-10-7-11-17(12-16)30-3)28-23(25-18)26-22(27-28)15-8-5-4-6-9-15/h4-12,21H,13-14H2,1-3H3,(H,25,26,27). The van der Waals surface area contributed by atoms with Crippen LogP contribution in [0.15, 0.2) is 65.9 Å². The Kier molecular flexibility index (Phi) is 4.24. The van der Waals surface area contributed by atoms with Gasteiger partial charge in [0.05, 0.1) is 7.11 Å². The van der Waals surface area contributed by atoms with E-state index in [1.54, 1.807) is 7.11 Å². The van der Waals surface area contributed by atoms with Gasteiger partial charge in [0, 0.05) is 23.3 Å². The van der Waals surface area contributed by atoms with Gasteiger partial charge in [-0.05, 0) is 29.5 Å². The lowest BCUT2D eigenvalue weighted by atomic mass is 9.73. The first-order valence-corrected chi connectivity index (χ1v) is 10.1. The first-order valence-electron chi connectivity index (χ1n) is 10.1. The van der Waals surface area contributed by atoms with Crippen LogP contribution in [0.4, 0.5) is 5.95 Å². The van der Waals surface area contributed by atoms with Crippen LogP contribution in [-0.4, -0.2) is 27.7 Å². The second-order valence-electron chi connectivity index (χ2n) is 8.71. The second-order valence-corrected chi connectivity index (χ2v) is 8.71. The van der Waals surface area contributed by atoms with Gasteiger partial charge in [0.1, 0.15) is 11.8 Å². The molecule has 1 N–H and O–H groups in total. The summed E-state index contributed by atoms with van der Waals surface area (Å²) in [6, 6.07) is 17.4. The molecule has 6 nitrogen and oxygen atoms in total. The molecule has 0 fully saturated rings. The molecule has 0 radical (unpaired) electrons. The van der Waals surface area contributed by atoms with Gasteiger partial charge in [0.15, 0.2) is 11.6 Å². The Hall–Kier alpha value is -3.41. The number of hydrogen-bond donors (Lipinski definition) is 1. The predicted octanol–water partition coefficient (Wildman–Crippen LogP) is 4.61. The van der Waals surface area contributed by atoms with Crippen LogP contribution in [0.25, 0.3) is 11.4 Å². The Morgan fingerprint density at radius 2 is 1.90 bits per heavy atom. The summed E-state index contributed by atoms with van der Waals surface area (Å²) in [7, 11) is 1.65. The zero-order valence-electron chi connectivity index (χ0n) is 17.3. The van der Waals surface area contributed by atoms with Crippen LogP contribution in [0.2, 0.25) is 0 Å². The molecule has 1 aliphatic heterocycles. The minimum atomic E-state index is -0.333. The lowest BCUT2D eigenvalue weighted by Gasteiger charge is -2.38. The lowest BCUT2D eigenvalue weighted by Crippen LogP contribution is -2.36. The highest BCUT2D eigenvalue weighted by molar-refractivity contribution is 6.00. The number of ether oxygens (including phenoxy) is 1. The average molecular weight is 400 g/mol. The molecule has 0 saturated heterocycles. The molecule has 152 valence electrons. The molecular weight excluding hydrogens is 376 g/mol. The summed E-state index contributed by atoms with van der Waals surface area (Å²) in [5.41, 5.74) is 3.53. The van der Waals surface area contributed by atoms with Gasteiger partial charge in [0.2, 0.25) is 5.95 Å². The van der Waals surface area contributed by atoms with Crippen molar-refractivity contribution in [1.29, 1.82) is 0 Å². The number of allylic oxidation sites excluding steroid dienone is 2. The van der Waals surface area contributed by atoms with E-state index in [4.69, 9.17) is 14.8 Å². The molecule has 1 unspecified atom stereocenters. The van der Waals surface area contributed by atoms with E-state index in [1.807, 2.05) is 59.3 Å². The highest BCUT2D eigenvalue weighted by atomic mass is 16.5. The fourth-order valence-corrected chi connectivity index (χ4v) is 4.44. The first kappa shape index (κ1) is 18.6. The molecule has 0 spiro atoms. The van der Waals surface area contributed by atoms with Crippen molar-refractivity contribution in [2.45, 2.75) is 32.7 Å². The first-order chi connectivity index (χ1) is 14.4. The van der Waals surface area contributed by atoms with Crippen LogP contribution >= 0.6 is 0 Å². The maximum atomic E-state index is 13.3. The van der Waals surface area contributed by atoms with Crippen LogP contribution in [-0.2, 0) is 4.79 Å². The van der Waals surface area contributed by atoms with E-state index < -0.39 is 0 Å². The smallest absolute Gasteiger partial charge is 0.226 e. The van der Waals surface area contributed by atoms with Crippen molar-refractivity contribution in [1.82, 2.24) is 14.8 Å². The van der Waals surface area contributed by atoms with E-state index in [2.05, 4.69) is 19.2 Å². The van der Waals surface area contributed by atoms with Gasteiger partial charge in [-0.3, -0.25) is 4.79 Å². The molecule has 30 heavy (non-hydrogen) atoms. The molecule has 2 aromatic carbocycles.